The van der Waals surface area contributed by atoms with Crippen LogP contribution in [-0.4, -0.2) is 29.9 Å². The summed E-state index contributed by atoms with van der Waals surface area (Å²) >= 11 is 0. The van der Waals surface area contributed by atoms with E-state index in [1.807, 2.05) is 49.1 Å². The van der Waals surface area contributed by atoms with Crippen molar-refractivity contribution in [1.29, 1.82) is 0 Å². The van der Waals surface area contributed by atoms with E-state index in [1.54, 1.807) is 0 Å². The molecule has 6 aromatic rings. The number of aryl methyl sites for hydroxylation is 6. The fraction of sp³-hybridized carbons (Fsp3) is 0.286. The molecule has 0 amide bonds. The molecular formula is C42H46CoN6+3. The standard InChI is InChI=1S/2C21H23N3.Co/c2*1-12-7-9-22-19(15(12)4)18-11-14(3)17(6)21(24-18)20-16(5)13(2)8-10-23-20;/h2*7-11H,1-6H3;/q;;+3. The molecule has 6 rings (SSSR count). The zero-order chi connectivity index (χ0) is 34.9. The number of pyridine rings is 6. The first-order valence-corrected chi connectivity index (χ1v) is 16.5. The summed E-state index contributed by atoms with van der Waals surface area (Å²) in [5.41, 5.74) is 21.9. The molecule has 0 unspecified atom stereocenters. The molecule has 0 atom stereocenters. The fourth-order valence-corrected chi connectivity index (χ4v) is 5.70. The van der Waals surface area contributed by atoms with E-state index in [1.165, 1.54) is 66.8 Å². The van der Waals surface area contributed by atoms with Crippen molar-refractivity contribution in [1.82, 2.24) is 29.9 Å². The van der Waals surface area contributed by atoms with Gasteiger partial charge < -0.3 is 0 Å². The van der Waals surface area contributed by atoms with Crippen LogP contribution < -0.4 is 0 Å². The van der Waals surface area contributed by atoms with Crippen LogP contribution in [0.5, 0.6) is 0 Å². The molecule has 0 radical (unpaired) electrons. The number of hydrogen-bond donors (Lipinski definition) is 0. The number of nitrogens with zero attached hydrogens (tertiary/aromatic N) is 6. The molecule has 0 saturated heterocycles. The number of aromatic nitrogens is 6. The van der Waals surface area contributed by atoms with Crippen molar-refractivity contribution in [2.45, 2.75) is 83.1 Å². The van der Waals surface area contributed by atoms with Crippen LogP contribution in [0.25, 0.3) is 45.6 Å². The van der Waals surface area contributed by atoms with Crippen LogP contribution in [-0.2, 0) is 16.8 Å². The van der Waals surface area contributed by atoms with Gasteiger partial charge in [-0.3, -0.25) is 19.9 Å². The molecule has 0 fully saturated rings. The summed E-state index contributed by atoms with van der Waals surface area (Å²) < 4.78 is 0. The Kier molecular flexibility index (Phi) is 11.6. The normalized spacial score (nSPS) is 10.7. The maximum absolute atomic E-state index is 4.95. The summed E-state index contributed by atoms with van der Waals surface area (Å²) in [5, 5.41) is 0. The first-order chi connectivity index (χ1) is 22.8. The Hall–Kier alpha value is -4.59. The first-order valence-electron chi connectivity index (χ1n) is 16.5. The summed E-state index contributed by atoms with van der Waals surface area (Å²) in [4.78, 5) is 28.3. The van der Waals surface area contributed by atoms with E-state index in [0.29, 0.717) is 0 Å². The largest absolute Gasteiger partial charge is 3.00 e. The first kappa shape index (κ1) is 37.2. The third-order valence-electron chi connectivity index (χ3n) is 9.90. The topological polar surface area (TPSA) is 77.3 Å². The van der Waals surface area contributed by atoms with Gasteiger partial charge in [-0.1, -0.05) is 0 Å². The van der Waals surface area contributed by atoms with Gasteiger partial charge in [0.05, 0.1) is 45.6 Å². The molecule has 0 saturated carbocycles. The molecule has 6 aromatic heterocycles. The summed E-state index contributed by atoms with van der Waals surface area (Å²) in [6, 6.07) is 12.4. The van der Waals surface area contributed by atoms with Crippen molar-refractivity contribution in [2.75, 3.05) is 0 Å². The van der Waals surface area contributed by atoms with Crippen molar-refractivity contribution in [2.24, 2.45) is 0 Å². The Labute approximate surface area is 302 Å². The molecule has 0 aliphatic rings. The van der Waals surface area contributed by atoms with Crippen molar-refractivity contribution in [3.63, 3.8) is 0 Å². The molecule has 7 heteroatoms. The minimum atomic E-state index is 0. The van der Waals surface area contributed by atoms with Gasteiger partial charge in [-0.15, -0.1) is 0 Å². The predicted molar refractivity (Wildman–Crippen MR) is 198 cm³/mol. The summed E-state index contributed by atoms with van der Waals surface area (Å²) in [6.45, 7) is 25.3. The molecule has 0 spiro atoms. The molecule has 0 aromatic carbocycles. The summed E-state index contributed by atoms with van der Waals surface area (Å²) in [7, 11) is 0. The van der Waals surface area contributed by atoms with E-state index < -0.39 is 0 Å². The number of hydrogen-bond acceptors (Lipinski definition) is 6. The molecule has 0 N–H and O–H groups in total. The van der Waals surface area contributed by atoms with Crippen molar-refractivity contribution in [3.05, 3.63) is 128 Å². The van der Waals surface area contributed by atoms with E-state index in [2.05, 4.69) is 115 Å². The van der Waals surface area contributed by atoms with E-state index >= 15 is 0 Å². The maximum atomic E-state index is 4.95. The van der Waals surface area contributed by atoms with E-state index in [9.17, 15) is 0 Å². The van der Waals surface area contributed by atoms with Crippen molar-refractivity contribution < 1.29 is 16.8 Å². The van der Waals surface area contributed by atoms with E-state index in [-0.39, 0.29) is 16.8 Å². The number of rotatable bonds is 4. The van der Waals surface area contributed by atoms with Crippen LogP contribution in [0.1, 0.15) is 66.8 Å². The van der Waals surface area contributed by atoms with Crippen molar-refractivity contribution >= 4 is 0 Å². The molecule has 49 heavy (non-hydrogen) atoms. The van der Waals surface area contributed by atoms with Crippen LogP contribution in [0.4, 0.5) is 0 Å². The van der Waals surface area contributed by atoms with E-state index in [4.69, 9.17) is 9.97 Å². The van der Waals surface area contributed by atoms with Gasteiger partial charge in [0.15, 0.2) is 0 Å². The quantitative estimate of drug-likeness (QED) is 0.183. The maximum Gasteiger partial charge on any atom is 3.00 e. The minimum absolute atomic E-state index is 0. The monoisotopic (exact) mass is 693 g/mol. The Balaban J connectivity index is 0.000000216. The molecule has 6 heterocycles. The molecule has 0 bridgehead atoms. The summed E-state index contributed by atoms with van der Waals surface area (Å²) in [5.74, 6) is 0. The van der Waals surface area contributed by atoms with Gasteiger partial charge in [-0.2, -0.15) is 0 Å². The summed E-state index contributed by atoms with van der Waals surface area (Å²) in [6.07, 6.45) is 7.42. The second-order valence-corrected chi connectivity index (χ2v) is 13.0. The smallest absolute Gasteiger partial charge is 0.254 e. The van der Waals surface area contributed by atoms with Gasteiger partial charge in [-0.05, 0) is 186 Å². The third-order valence-corrected chi connectivity index (χ3v) is 9.90. The van der Waals surface area contributed by atoms with Crippen LogP contribution in [0.3, 0.4) is 0 Å². The Morgan fingerprint density at radius 2 is 0.551 bits per heavy atom. The Morgan fingerprint density at radius 1 is 0.306 bits per heavy atom. The van der Waals surface area contributed by atoms with Gasteiger partial charge in [0.25, 0.3) is 0 Å². The molecular weight excluding hydrogens is 647 g/mol. The molecule has 0 aliphatic carbocycles. The van der Waals surface area contributed by atoms with E-state index in [0.717, 1.165) is 45.6 Å². The van der Waals surface area contributed by atoms with Gasteiger partial charge in [0.2, 0.25) is 0 Å². The zero-order valence-corrected chi connectivity index (χ0v) is 31.8. The third kappa shape index (κ3) is 7.53. The zero-order valence-electron chi connectivity index (χ0n) is 30.8. The minimum Gasteiger partial charge on any atom is -0.254 e. The Bertz CT molecular complexity index is 2010. The Morgan fingerprint density at radius 3 is 0.857 bits per heavy atom. The van der Waals surface area contributed by atoms with Crippen molar-refractivity contribution in [3.8, 4) is 45.6 Å². The predicted octanol–water partition coefficient (Wildman–Crippen LogP) is 10.1. The van der Waals surface area contributed by atoms with Crippen LogP contribution in [0, 0.1) is 83.1 Å². The average Bonchev–Trinajstić information content (AvgIpc) is 3.06. The van der Waals surface area contributed by atoms with Gasteiger partial charge in [0, 0.05) is 24.8 Å². The van der Waals surface area contributed by atoms with Gasteiger partial charge in [0.1, 0.15) is 0 Å². The van der Waals surface area contributed by atoms with Crippen LogP contribution in [0.15, 0.2) is 61.2 Å². The van der Waals surface area contributed by atoms with Crippen LogP contribution >= 0.6 is 0 Å². The average molecular weight is 694 g/mol. The second-order valence-electron chi connectivity index (χ2n) is 13.0. The van der Waals surface area contributed by atoms with Gasteiger partial charge in [-0.25, -0.2) is 9.97 Å². The fourth-order valence-electron chi connectivity index (χ4n) is 5.70. The van der Waals surface area contributed by atoms with Crippen LogP contribution in [0.2, 0.25) is 0 Å². The van der Waals surface area contributed by atoms with Gasteiger partial charge >= 0.3 is 16.8 Å². The SMILES string of the molecule is Cc1ccnc(-c2cc(C)c(C)c(-c3nccc(C)c3C)n2)c1C.Cc1ccnc(-c2cc(C)c(C)c(-c3nccc(C)c3C)n2)c1C.[Co+3]. The second kappa shape index (κ2) is 15.3. The molecule has 250 valence electrons. The molecule has 0 aliphatic heterocycles. The molecule has 6 nitrogen and oxygen atoms in total.